The predicted octanol–water partition coefficient (Wildman–Crippen LogP) is 5.70. The van der Waals surface area contributed by atoms with Crippen LogP contribution in [-0.4, -0.2) is 48.2 Å². The summed E-state index contributed by atoms with van der Waals surface area (Å²) in [6, 6.07) is 0.814. The van der Waals surface area contributed by atoms with E-state index in [1.165, 1.54) is 52.1 Å². The summed E-state index contributed by atoms with van der Waals surface area (Å²) in [7, 11) is 0. The summed E-state index contributed by atoms with van der Waals surface area (Å²) in [5, 5.41) is 0. The third kappa shape index (κ3) is 4.05. The van der Waals surface area contributed by atoms with Gasteiger partial charge in [0.15, 0.2) is 0 Å². The Kier molecular flexibility index (Phi) is 6.49. The van der Waals surface area contributed by atoms with E-state index in [0.717, 1.165) is 73.2 Å². The van der Waals surface area contributed by atoms with Crippen molar-refractivity contribution in [2.45, 2.75) is 111 Å². The second kappa shape index (κ2) is 9.27. The SMILES string of the molecule is CC(=O)O[C@@H]1CC[C@@]2(C)[C@H](C1)[C@H](OC(C)=O)C[C@@H]1C3CC[C@@H]4[C@@H](C)[C@@H]5CC[C@@H](C)CN5C[C@H]4[C@@H]3C[C@@H]12. The number of ether oxygens (including phenoxy) is 2. The Hall–Kier alpha value is -1.10. The van der Waals surface area contributed by atoms with Crippen molar-refractivity contribution in [1.82, 2.24) is 4.90 Å². The van der Waals surface area contributed by atoms with Crippen LogP contribution in [0.5, 0.6) is 0 Å². The van der Waals surface area contributed by atoms with Gasteiger partial charge in [-0.1, -0.05) is 20.8 Å². The Bertz CT molecular complexity index is 873. The molecule has 0 aromatic heterocycles. The van der Waals surface area contributed by atoms with Crippen LogP contribution in [0.2, 0.25) is 0 Å². The zero-order valence-electron chi connectivity index (χ0n) is 23.3. The van der Waals surface area contributed by atoms with Crippen LogP contribution in [0.1, 0.15) is 92.4 Å². The van der Waals surface area contributed by atoms with E-state index in [1.807, 2.05) is 0 Å². The fraction of sp³-hybridized carbons (Fsp3) is 0.935. The highest BCUT2D eigenvalue weighted by Crippen LogP contribution is 2.67. The van der Waals surface area contributed by atoms with Crippen LogP contribution in [0.15, 0.2) is 0 Å². The Labute approximate surface area is 218 Å². The monoisotopic (exact) mass is 499 g/mol. The van der Waals surface area contributed by atoms with Gasteiger partial charge >= 0.3 is 11.9 Å². The molecule has 0 amide bonds. The number of piperidine rings is 2. The minimum absolute atomic E-state index is 0.0267. The minimum Gasteiger partial charge on any atom is -0.463 e. The van der Waals surface area contributed by atoms with E-state index >= 15 is 0 Å². The molecule has 0 aromatic carbocycles. The first-order valence-electron chi connectivity index (χ1n) is 15.2. The fourth-order valence-electron chi connectivity index (χ4n) is 11.2. The number of nitrogens with zero attached hydrogens (tertiary/aromatic N) is 1. The topological polar surface area (TPSA) is 55.8 Å². The van der Waals surface area contributed by atoms with Crippen molar-refractivity contribution in [3.8, 4) is 0 Å². The lowest BCUT2D eigenvalue weighted by atomic mass is 9.51. The van der Waals surface area contributed by atoms with Crippen molar-refractivity contribution in [2.24, 2.45) is 58.7 Å². The van der Waals surface area contributed by atoms with E-state index in [-0.39, 0.29) is 29.6 Å². The molecule has 2 heterocycles. The first kappa shape index (κ1) is 25.2. The van der Waals surface area contributed by atoms with Crippen LogP contribution in [0.25, 0.3) is 0 Å². The van der Waals surface area contributed by atoms with Gasteiger partial charge in [-0.05, 0) is 111 Å². The zero-order chi connectivity index (χ0) is 25.4. The van der Waals surface area contributed by atoms with Crippen molar-refractivity contribution in [1.29, 1.82) is 0 Å². The molecule has 0 radical (unpaired) electrons. The molecule has 5 nitrogen and oxygen atoms in total. The maximum Gasteiger partial charge on any atom is 0.302 e. The van der Waals surface area contributed by atoms with Gasteiger partial charge < -0.3 is 9.47 Å². The number of esters is 2. The largest absolute Gasteiger partial charge is 0.463 e. The van der Waals surface area contributed by atoms with Gasteiger partial charge in [-0.25, -0.2) is 0 Å². The molecule has 13 atom stereocenters. The van der Waals surface area contributed by atoms with Gasteiger partial charge in [0.25, 0.3) is 0 Å². The lowest BCUT2D eigenvalue weighted by molar-refractivity contribution is -0.180. The molecular weight excluding hydrogens is 450 g/mol. The highest BCUT2D eigenvalue weighted by molar-refractivity contribution is 5.66. The molecule has 0 N–H and O–H groups in total. The summed E-state index contributed by atoms with van der Waals surface area (Å²) in [4.78, 5) is 26.8. The molecule has 6 rings (SSSR count). The van der Waals surface area contributed by atoms with Crippen LogP contribution in [0.4, 0.5) is 0 Å². The number of hydrogen-bond acceptors (Lipinski definition) is 5. The number of carbonyl (C=O) groups excluding carboxylic acids is 2. The first-order valence-corrected chi connectivity index (χ1v) is 15.2. The van der Waals surface area contributed by atoms with Gasteiger partial charge in [0, 0.05) is 38.9 Å². The second-order valence-electron chi connectivity index (χ2n) is 14.3. The van der Waals surface area contributed by atoms with Gasteiger partial charge in [-0.3, -0.25) is 14.5 Å². The number of fused-ring (bicyclic) bond motifs is 8. The van der Waals surface area contributed by atoms with Crippen molar-refractivity contribution in [3.63, 3.8) is 0 Å². The molecular formula is C31H49NO4. The van der Waals surface area contributed by atoms with E-state index in [4.69, 9.17) is 9.47 Å². The van der Waals surface area contributed by atoms with Crippen LogP contribution in [-0.2, 0) is 19.1 Å². The third-order valence-electron chi connectivity index (χ3n) is 12.6. The van der Waals surface area contributed by atoms with Gasteiger partial charge in [0.1, 0.15) is 12.2 Å². The maximum absolute atomic E-state index is 12.2. The van der Waals surface area contributed by atoms with E-state index in [2.05, 4.69) is 25.7 Å². The molecule has 4 saturated carbocycles. The average molecular weight is 500 g/mol. The lowest BCUT2D eigenvalue weighted by Crippen LogP contribution is -2.58. The van der Waals surface area contributed by atoms with E-state index < -0.39 is 0 Å². The van der Waals surface area contributed by atoms with Crippen molar-refractivity contribution in [2.75, 3.05) is 13.1 Å². The molecule has 0 aromatic rings. The van der Waals surface area contributed by atoms with Crippen molar-refractivity contribution < 1.29 is 19.1 Å². The van der Waals surface area contributed by atoms with Crippen molar-refractivity contribution >= 4 is 11.9 Å². The quantitative estimate of drug-likeness (QED) is 0.456. The fourth-order valence-corrected chi connectivity index (χ4v) is 11.2. The summed E-state index contributed by atoms with van der Waals surface area (Å²) in [5.41, 5.74) is 0.176. The molecule has 5 heteroatoms. The van der Waals surface area contributed by atoms with E-state index in [1.54, 1.807) is 6.92 Å². The van der Waals surface area contributed by atoms with Crippen molar-refractivity contribution in [3.05, 3.63) is 0 Å². The Balaban J connectivity index is 1.27. The van der Waals surface area contributed by atoms with Crippen LogP contribution >= 0.6 is 0 Å². The van der Waals surface area contributed by atoms with Crippen LogP contribution in [0.3, 0.4) is 0 Å². The predicted molar refractivity (Wildman–Crippen MR) is 139 cm³/mol. The molecule has 0 bridgehead atoms. The number of carbonyl (C=O) groups is 2. The Morgan fingerprint density at radius 3 is 2.25 bits per heavy atom. The van der Waals surface area contributed by atoms with Crippen LogP contribution < -0.4 is 0 Å². The third-order valence-corrected chi connectivity index (χ3v) is 12.6. The molecule has 1 unspecified atom stereocenters. The molecule has 6 aliphatic rings. The number of hydrogen-bond donors (Lipinski definition) is 0. The van der Waals surface area contributed by atoms with Crippen LogP contribution in [0, 0.1) is 58.7 Å². The standard InChI is InChI=1S/C31H49NO4/c1-17-6-9-29-18(2)22-7-8-23-24(26(22)16-32(29)15-17)13-27-25(23)14-30(36-20(4)34)28-12-21(35-19(3)33)10-11-31(27,28)5/h17-18,21-30H,6-16H2,1-5H3/t17-,18-,21-,22-,23?,24-,25-,26-,27+,28-,29+,30-,31-/m1/s1. The molecule has 202 valence electrons. The smallest absolute Gasteiger partial charge is 0.302 e. The molecule has 36 heavy (non-hydrogen) atoms. The summed E-state index contributed by atoms with van der Waals surface area (Å²) in [5.74, 6) is 6.40. The zero-order valence-corrected chi connectivity index (χ0v) is 23.3. The highest BCUT2D eigenvalue weighted by Gasteiger charge is 2.63. The lowest BCUT2D eigenvalue weighted by Gasteiger charge is -2.57. The van der Waals surface area contributed by atoms with Gasteiger partial charge in [-0.15, -0.1) is 0 Å². The summed E-state index contributed by atoms with van der Waals surface area (Å²) < 4.78 is 11.8. The Morgan fingerprint density at radius 1 is 0.750 bits per heavy atom. The van der Waals surface area contributed by atoms with E-state index in [0.29, 0.717) is 11.8 Å². The van der Waals surface area contributed by atoms with E-state index in [9.17, 15) is 9.59 Å². The normalized spacial score (nSPS) is 52.1. The second-order valence-corrected chi connectivity index (χ2v) is 14.3. The highest BCUT2D eigenvalue weighted by atomic mass is 16.5. The van der Waals surface area contributed by atoms with Gasteiger partial charge in [-0.2, -0.15) is 0 Å². The number of rotatable bonds is 2. The molecule has 4 aliphatic carbocycles. The summed E-state index contributed by atoms with van der Waals surface area (Å²) in [6.45, 7) is 13.2. The Morgan fingerprint density at radius 2 is 1.50 bits per heavy atom. The summed E-state index contributed by atoms with van der Waals surface area (Å²) in [6.07, 6.45) is 10.8. The molecule has 2 aliphatic heterocycles. The molecule has 0 spiro atoms. The van der Waals surface area contributed by atoms with Gasteiger partial charge in [0.05, 0.1) is 0 Å². The average Bonchev–Trinajstić information content (AvgIpc) is 3.19. The van der Waals surface area contributed by atoms with Gasteiger partial charge in [0.2, 0.25) is 0 Å². The summed E-state index contributed by atoms with van der Waals surface area (Å²) >= 11 is 0. The molecule has 2 saturated heterocycles. The minimum atomic E-state index is -0.184. The first-order chi connectivity index (χ1) is 17.2. The maximum atomic E-state index is 12.2. The molecule has 6 fully saturated rings.